The Kier molecular flexibility index (Phi) is 2.79. The Bertz CT molecular complexity index is 563. The van der Waals surface area contributed by atoms with Crippen LogP contribution in [0.1, 0.15) is 18.5 Å². The molecular formula is C12H12F2N4. The van der Waals surface area contributed by atoms with Crippen LogP contribution in [0.25, 0.3) is 5.69 Å². The summed E-state index contributed by atoms with van der Waals surface area (Å²) in [5.74, 6) is -1.79. The molecule has 0 saturated heterocycles. The summed E-state index contributed by atoms with van der Waals surface area (Å²) >= 11 is 0. The van der Waals surface area contributed by atoms with E-state index in [0.29, 0.717) is 18.3 Å². The molecule has 0 radical (unpaired) electrons. The van der Waals surface area contributed by atoms with Crippen LogP contribution in [0.2, 0.25) is 0 Å². The Balaban J connectivity index is 1.90. The van der Waals surface area contributed by atoms with E-state index in [9.17, 15) is 8.78 Å². The maximum Gasteiger partial charge on any atom is 0.184 e. The molecule has 1 fully saturated rings. The van der Waals surface area contributed by atoms with Gasteiger partial charge in [0.15, 0.2) is 11.6 Å². The molecular weight excluding hydrogens is 238 g/mol. The number of hydrogen-bond acceptors (Lipinski definition) is 3. The summed E-state index contributed by atoms with van der Waals surface area (Å²) in [7, 11) is 0. The zero-order chi connectivity index (χ0) is 12.5. The van der Waals surface area contributed by atoms with E-state index < -0.39 is 11.6 Å². The van der Waals surface area contributed by atoms with E-state index in [0.717, 1.165) is 18.9 Å². The number of nitrogens with one attached hydrogen (secondary N) is 1. The molecule has 0 bridgehead atoms. The van der Waals surface area contributed by atoms with Crippen LogP contribution in [0, 0.1) is 11.6 Å². The van der Waals surface area contributed by atoms with Gasteiger partial charge in [-0.3, -0.25) is 0 Å². The van der Waals surface area contributed by atoms with E-state index in [1.54, 1.807) is 6.20 Å². The summed E-state index contributed by atoms with van der Waals surface area (Å²) in [5.41, 5.74) is 0.798. The number of rotatable bonds is 4. The average Bonchev–Trinajstić information content (AvgIpc) is 3.08. The van der Waals surface area contributed by atoms with Crippen molar-refractivity contribution < 1.29 is 8.78 Å². The lowest BCUT2D eigenvalue weighted by atomic mass is 10.3. The van der Waals surface area contributed by atoms with Crippen molar-refractivity contribution in [3.8, 4) is 5.69 Å². The standard InChI is InChI=1S/C12H12F2N4/c13-10-2-1-3-11(12(10)14)18-9(7-16-17-18)6-15-8-4-5-8/h1-3,7-8,15H,4-6H2. The zero-order valence-electron chi connectivity index (χ0n) is 9.61. The third-order valence-corrected chi connectivity index (χ3v) is 2.93. The van der Waals surface area contributed by atoms with Gasteiger partial charge in [-0.1, -0.05) is 11.3 Å². The van der Waals surface area contributed by atoms with Crippen molar-refractivity contribution >= 4 is 0 Å². The molecule has 1 aliphatic rings. The molecule has 2 aromatic rings. The van der Waals surface area contributed by atoms with E-state index in [1.165, 1.54) is 16.8 Å². The molecule has 1 aromatic heterocycles. The minimum absolute atomic E-state index is 0.0834. The summed E-state index contributed by atoms with van der Waals surface area (Å²) in [6, 6.07) is 4.55. The Morgan fingerprint density at radius 1 is 1.33 bits per heavy atom. The topological polar surface area (TPSA) is 42.7 Å². The molecule has 0 amide bonds. The molecule has 3 rings (SSSR count). The summed E-state index contributed by atoms with van der Waals surface area (Å²) in [6.07, 6.45) is 3.88. The summed E-state index contributed by atoms with van der Waals surface area (Å²) < 4.78 is 28.2. The fraction of sp³-hybridized carbons (Fsp3) is 0.333. The number of nitrogens with zero attached hydrogens (tertiary/aromatic N) is 3. The molecule has 6 heteroatoms. The Morgan fingerprint density at radius 3 is 2.94 bits per heavy atom. The summed E-state index contributed by atoms with van der Waals surface area (Å²) in [4.78, 5) is 0. The van der Waals surface area contributed by atoms with Crippen molar-refractivity contribution in [3.63, 3.8) is 0 Å². The van der Waals surface area contributed by atoms with E-state index >= 15 is 0 Å². The van der Waals surface area contributed by atoms with E-state index in [4.69, 9.17) is 0 Å². The van der Waals surface area contributed by atoms with Crippen molar-refractivity contribution in [2.75, 3.05) is 0 Å². The first-order valence-electron chi connectivity index (χ1n) is 5.83. The average molecular weight is 250 g/mol. The quantitative estimate of drug-likeness (QED) is 0.899. The van der Waals surface area contributed by atoms with E-state index in [-0.39, 0.29) is 5.69 Å². The second-order valence-electron chi connectivity index (χ2n) is 4.37. The van der Waals surface area contributed by atoms with Crippen molar-refractivity contribution in [1.29, 1.82) is 0 Å². The van der Waals surface area contributed by atoms with Gasteiger partial charge < -0.3 is 5.32 Å². The predicted octanol–water partition coefficient (Wildman–Crippen LogP) is 1.80. The van der Waals surface area contributed by atoms with Crippen LogP contribution in [0.4, 0.5) is 8.78 Å². The van der Waals surface area contributed by atoms with Crippen LogP contribution >= 0.6 is 0 Å². The first-order chi connectivity index (χ1) is 8.75. The molecule has 0 aliphatic heterocycles. The molecule has 1 aliphatic carbocycles. The van der Waals surface area contributed by atoms with Gasteiger partial charge in [-0.05, 0) is 25.0 Å². The van der Waals surface area contributed by atoms with Crippen molar-refractivity contribution in [3.05, 3.63) is 41.7 Å². The zero-order valence-corrected chi connectivity index (χ0v) is 9.61. The van der Waals surface area contributed by atoms with Crippen molar-refractivity contribution in [1.82, 2.24) is 20.3 Å². The fourth-order valence-electron chi connectivity index (χ4n) is 1.77. The Morgan fingerprint density at radius 2 is 2.17 bits per heavy atom. The van der Waals surface area contributed by atoms with Crippen molar-refractivity contribution in [2.45, 2.75) is 25.4 Å². The monoisotopic (exact) mass is 250 g/mol. The Labute approximate surface area is 103 Å². The molecule has 94 valence electrons. The van der Waals surface area contributed by atoms with E-state index in [1.807, 2.05) is 0 Å². The van der Waals surface area contributed by atoms with Gasteiger partial charge in [-0.25, -0.2) is 13.5 Å². The fourth-order valence-corrected chi connectivity index (χ4v) is 1.77. The third kappa shape index (κ3) is 2.11. The van der Waals surface area contributed by atoms with Crippen LogP contribution in [0.3, 0.4) is 0 Å². The third-order valence-electron chi connectivity index (χ3n) is 2.93. The smallest absolute Gasteiger partial charge is 0.184 e. The van der Waals surface area contributed by atoms with Gasteiger partial charge in [0.1, 0.15) is 5.69 Å². The van der Waals surface area contributed by atoms with Gasteiger partial charge in [0.2, 0.25) is 0 Å². The number of hydrogen-bond donors (Lipinski definition) is 1. The summed E-state index contributed by atoms with van der Waals surface area (Å²) in [5, 5.41) is 10.8. The van der Waals surface area contributed by atoms with Gasteiger partial charge in [0.25, 0.3) is 0 Å². The van der Waals surface area contributed by atoms with Gasteiger partial charge in [0.05, 0.1) is 11.9 Å². The number of benzene rings is 1. The van der Waals surface area contributed by atoms with E-state index in [2.05, 4.69) is 15.6 Å². The van der Waals surface area contributed by atoms with Crippen LogP contribution in [0.5, 0.6) is 0 Å². The number of halogens is 2. The van der Waals surface area contributed by atoms with Gasteiger partial charge in [0, 0.05) is 12.6 Å². The number of aromatic nitrogens is 3. The normalized spacial score (nSPS) is 15.0. The first-order valence-corrected chi connectivity index (χ1v) is 5.83. The minimum Gasteiger partial charge on any atom is -0.308 e. The van der Waals surface area contributed by atoms with Gasteiger partial charge >= 0.3 is 0 Å². The first kappa shape index (κ1) is 11.3. The maximum absolute atomic E-state index is 13.7. The highest BCUT2D eigenvalue weighted by Gasteiger charge is 2.21. The lowest BCUT2D eigenvalue weighted by molar-refractivity contribution is 0.498. The van der Waals surface area contributed by atoms with Crippen molar-refractivity contribution in [2.24, 2.45) is 0 Å². The molecule has 0 atom stereocenters. The summed E-state index contributed by atoms with van der Waals surface area (Å²) in [6.45, 7) is 0.549. The van der Waals surface area contributed by atoms with Gasteiger partial charge in [-0.2, -0.15) is 0 Å². The molecule has 0 unspecified atom stereocenters. The van der Waals surface area contributed by atoms with Crippen LogP contribution in [-0.2, 0) is 6.54 Å². The molecule has 0 spiro atoms. The molecule has 18 heavy (non-hydrogen) atoms. The lowest BCUT2D eigenvalue weighted by Crippen LogP contribution is -2.18. The molecule has 4 nitrogen and oxygen atoms in total. The minimum atomic E-state index is -0.907. The SMILES string of the molecule is Fc1cccc(-n2nncc2CNC2CC2)c1F. The molecule has 1 aromatic carbocycles. The second-order valence-corrected chi connectivity index (χ2v) is 4.37. The highest BCUT2D eigenvalue weighted by Crippen LogP contribution is 2.20. The molecule has 1 N–H and O–H groups in total. The Hall–Kier alpha value is -1.82. The maximum atomic E-state index is 13.7. The van der Waals surface area contributed by atoms with Crippen LogP contribution in [0.15, 0.2) is 24.4 Å². The van der Waals surface area contributed by atoms with Crippen LogP contribution < -0.4 is 5.32 Å². The molecule has 1 heterocycles. The second kappa shape index (κ2) is 4.45. The van der Waals surface area contributed by atoms with Gasteiger partial charge in [-0.15, -0.1) is 5.10 Å². The predicted molar refractivity (Wildman–Crippen MR) is 61.1 cm³/mol. The highest BCUT2D eigenvalue weighted by atomic mass is 19.2. The molecule has 1 saturated carbocycles. The largest absolute Gasteiger partial charge is 0.308 e. The lowest BCUT2D eigenvalue weighted by Gasteiger charge is -2.08. The van der Waals surface area contributed by atoms with Crippen LogP contribution in [-0.4, -0.2) is 21.0 Å². The highest BCUT2D eigenvalue weighted by molar-refractivity contribution is 5.34.